The fourth-order valence-electron chi connectivity index (χ4n) is 3.67. The Labute approximate surface area is 161 Å². The van der Waals surface area contributed by atoms with Crippen molar-refractivity contribution in [1.82, 2.24) is 34.0 Å². The van der Waals surface area contributed by atoms with E-state index >= 15 is 0 Å². The number of rotatable bonds is 2. The average molecular weight is 376 g/mol. The number of carbonyl (C=O) groups is 1. The summed E-state index contributed by atoms with van der Waals surface area (Å²) in [6.45, 7) is 4.68. The number of imidazole rings is 1. The fourth-order valence-corrected chi connectivity index (χ4v) is 3.67. The van der Waals surface area contributed by atoms with Gasteiger partial charge in [-0.1, -0.05) is 0 Å². The van der Waals surface area contributed by atoms with Gasteiger partial charge in [0.15, 0.2) is 5.65 Å². The van der Waals surface area contributed by atoms with Crippen LogP contribution in [0.15, 0.2) is 37.1 Å². The van der Waals surface area contributed by atoms with Crippen molar-refractivity contribution in [3.05, 3.63) is 48.3 Å². The number of carbonyl (C=O) groups excluding carboxylic acids is 1. The summed E-state index contributed by atoms with van der Waals surface area (Å²) in [6.07, 6.45) is 7.09. The topological polar surface area (TPSA) is 84.5 Å². The van der Waals surface area contributed by atoms with Crippen molar-refractivity contribution in [2.24, 2.45) is 7.05 Å². The second-order valence-corrected chi connectivity index (χ2v) is 7.08. The van der Waals surface area contributed by atoms with Crippen LogP contribution in [-0.2, 0) is 7.05 Å². The van der Waals surface area contributed by atoms with Crippen LogP contribution >= 0.6 is 0 Å². The summed E-state index contributed by atoms with van der Waals surface area (Å²) in [4.78, 5) is 30.2. The van der Waals surface area contributed by atoms with E-state index in [9.17, 15) is 4.79 Å². The molecule has 28 heavy (non-hydrogen) atoms. The lowest BCUT2D eigenvalue weighted by molar-refractivity contribution is 0.0741. The second-order valence-electron chi connectivity index (χ2n) is 7.08. The highest BCUT2D eigenvalue weighted by Crippen LogP contribution is 2.23. The molecule has 0 radical (unpaired) electrons. The van der Waals surface area contributed by atoms with E-state index in [1.54, 1.807) is 23.4 Å². The molecule has 0 saturated carbocycles. The summed E-state index contributed by atoms with van der Waals surface area (Å²) in [5.74, 6) is 0.837. The maximum atomic E-state index is 12.9. The minimum Gasteiger partial charge on any atom is -0.352 e. The molecule has 1 amide bonds. The molecule has 5 rings (SSSR count). The van der Waals surface area contributed by atoms with Crippen LogP contribution in [0.1, 0.15) is 16.1 Å². The third-order valence-corrected chi connectivity index (χ3v) is 5.21. The predicted octanol–water partition coefficient (Wildman–Crippen LogP) is 1.28. The molecule has 0 aliphatic carbocycles. The Morgan fingerprint density at radius 3 is 2.79 bits per heavy atom. The molecule has 5 heterocycles. The smallest absolute Gasteiger partial charge is 0.274 e. The number of pyridine rings is 1. The highest BCUT2D eigenvalue weighted by atomic mass is 16.2. The Bertz CT molecular complexity index is 1190. The molecule has 1 aliphatic heterocycles. The molecule has 0 bridgehead atoms. The van der Waals surface area contributed by atoms with Crippen LogP contribution in [0.5, 0.6) is 0 Å². The van der Waals surface area contributed by atoms with E-state index in [-0.39, 0.29) is 5.91 Å². The standard InChI is InChI=1S/C19H20N8O/c1-13-3-4-27-11-15(23-16(27)9-13)19(28)26-7-5-25(6-8-26)18-14-10-22-24(2)17(14)20-12-21-18/h3-4,9-12H,5-8H2,1-2H3. The van der Waals surface area contributed by atoms with Gasteiger partial charge in [0.1, 0.15) is 23.5 Å². The Morgan fingerprint density at radius 2 is 1.96 bits per heavy atom. The van der Waals surface area contributed by atoms with Crippen molar-refractivity contribution in [2.75, 3.05) is 31.1 Å². The maximum absolute atomic E-state index is 12.9. The first-order valence-electron chi connectivity index (χ1n) is 9.22. The Morgan fingerprint density at radius 1 is 1.14 bits per heavy atom. The molecule has 0 unspecified atom stereocenters. The summed E-state index contributed by atoms with van der Waals surface area (Å²) in [6, 6.07) is 3.98. The molecule has 4 aromatic heterocycles. The monoisotopic (exact) mass is 376 g/mol. The predicted molar refractivity (Wildman–Crippen MR) is 104 cm³/mol. The molecule has 1 saturated heterocycles. The Balaban J connectivity index is 1.34. The van der Waals surface area contributed by atoms with Crippen LogP contribution in [0.2, 0.25) is 0 Å². The number of nitrogens with zero attached hydrogens (tertiary/aromatic N) is 8. The van der Waals surface area contributed by atoms with Crippen LogP contribution in [0.4, 0.5) is 5.82 Å². The van der Waals surface area contributed by atoms with Gasteiger partial charge in [-0.3, -0.25) is 9.48 Å². The molecule has 142 valence electrons. The number of fused-ring (bicyclic) bond motifs is 2. The lowest BCUT2D eigenvalue weighted by Crippen LogP contribution is -2.49. The molecule has 9 heteroatoms. The molecular weight excluding hydrogens is 356 g/mol. The van der Waals surface area contributed by atoms with Crippen LogP contribution < -0.4 is 4.90 Å². The first-order valence-corrected chi connectivity index (χ1v) is 9.22. The lowest BCUT2D eigenvalue weighted by atomic mass is 10.2. The molecule has 1 fully saturated rings. The third-order valence-electron chi connectivity index (χ3n) is 5.21. The number of aromatic nitrogens is 6. The van der Waals surface area contributed by atoms with Gasteiger partial charge in [0.2, 0.25) is 0 Å². The zero-order chi connectivity index (χ0) is 19.3. The second kappa shape index (κ2) is 6.29. The third kappa shape index (κ3) is 2.67. The minimum atomic E-state index is -0.0322. The van der Waals surface area contributed by atoms with Gasteiger partial charge < -0.3 is 14.2 Å². The first-order chi connectivity index (χ1) is 13.6. The molecule has 0 atom stereocenters. The molecule has 1 aliphatic rings. The zero-order valence-corrected chi connectivity index (χ0v) is 15.8. The number of anilines is 1. The zero-order valence-electron chi connectivity index (χ0n) is 15.8. The molecule has 9 nitrogen and oxygen atoms in total. The highest BCUT2D eigenvalue weighted by molar-refractivity contribution is 5.93. The number of amides is 1. The molecule has 0 N–H and O–H groups in total. The van der Waals surface area contributed by atoms with Gasteiger partial charge in [-0.05, 0) is 24.6 Å². The largest absolute Gasteiger partial charge is 0.352 e. The average Bonchev–Trinajstić information content (AvgIpc) is 3.31. The SMILES string of the molecule is Cc1ccn2cc(C(=O)N3CCN(c4ncnc5c4cnn5C)CC3)nc2c1. The van der Waals surface area contributed by atoms with E-state index in [0.717, 1.165) is 28.1 Å². The fraction of sp³-hybridized carbons (Fsp3) is 0.316. The van der Waals surface area contributed by atoms with Crippen molar-refractivity contribution in [3.63, 3.8) is 0 Å². The van der Waals surface area contributed by atoms with Crippen molar-refractivity contribution in [2.45, 2.75) is 6.92 Å². The van der Waals surface area contributed by atoms with E-state index in [1.165, 1.54) is 0 Å². The number of hydrogen-bond acceptors (Lipinski definition) is 6. The Kier molecular flexibility index (Phi) is 3.75. The van der Waals surface area contributed by atoms with Crippen molar-refractivity contribution in [3.8, 4) is 0 Å². The van der Waals surface area contributed by atoms with Gasteiger partial charge in [0.25, 0.3) is 5.91 Å². The minimum absolute atomic E-state index is 0.0322. The summed E-state index contributed by atoms with van der Waals surface area (Å²) in [5, 5.41) is 5.20. The first kappa shape index (κ1) is 16.7. The van der Waals surface area contributed by atoms with Crippen LogP contribution in [0.3, 0.4) is 0 Å². The summed E-state index contributed by atoms with van der Waals surface area (Å²) in [7, 11) is 1.87. The summed E-state index contributed by atoms with van der Waals surface area (Å²) in [5.41, 5.74) is 3.21. The van der Waals surface area contributed by atoms with Gasteiger partial charge in [-0.15, -0.1) is 0 Å². The number of aryl methyl sites for hydroxylation is 2. The summed E-state index contributed by atoms with van der Waals surface area (Å²) < 4.78 is 3.63. The van der Waals surface area contributed by atoms with E-state index in [4.69, 9.17) is 0 Å². The molecule has 0 spiro atoms. The molecule has 0 aromatic carbocycles. The Hall–Kier alpha value is -3.49. The quantitative estimate of drug-likeness (QED) is 0.524. The lowest BCUT2D eigenvalue weighted by Gasteiger charge is -2.35. The van der Waals surface area contributed by atoms with Crippen LogP contribution in [-0.4, -0.2) is 66.1 Å². The van der Waals surface area contributed by atoms with E-state index in [1.807, 2.05) is 41.6 Å². The summed E-state index contributed by atoms with van der Waals surface area (Å²) >= 11 is 0. The van der Waals surface area contributed by atoms with E-state index < -0.39 is 0 Å². The van der Waals surface area contributed by atoms with Crippen LogP contribution in [0.25, 0.3) is 16.7 Å². The highest BCUT2D eigenvalue weighted by Gasteiger charge is 2.26. The normalized spacial score (nSPS) is 14.9. The van der Waals surface area contributed by atoms with Gasteiger partial charge >= 0.3 is 0 Å². The van der Waals surface area contributed by atoms with Gasteiger partial charge in [0, 0.05) is 45.6 Å². The van der Waals surface area contributed by atoms with Crippen molar-refractivity contribution < 1.29 is 4.79 Å². The number of hydrogen-bond donors (Lipinski definition) is 0. The van der Waals surface area contributed by atoms with Gasteiger partial charge in [-0.25, -0.2) is 15.0 Å². The van der Waals surface area contributed by atoms with Gasteiger partial charge in [0.05, 0.1) is 11.6 Å². The van der Waals surface area contributed by atoms with Crippen molar-refractivity contribution in [1.29, 1.82) is 0 Å². The van der Waals surface area contributed by atoms with Crippen molar-refractivity contribution >= 4 is 28.4 Å². The van der Waals surface area contributed by atoms with Gasteiger partial charge in [-0.2, -0.15) is 5.10 Å². The molecular formula is C19H20N8O. The van der Waals surface area contributed by atoms with E-state index in [0.29, 0.717) is 31.9 Å². The van der Waals surface area contributed by atoms with E-state index in [2.05, 4.69) is 25.0 Å². The maximum Gasteiger partial charge on any atom is 0.274 e. The molecule has 4 aromatic rings. The van der Waals surface area contributed by atoms with Crippen LogP contribution in [0, 0.1) is 6.92 Å². The number of piperazine rings is 1.